The van der Waals surface area contributed by atoms with Gasteiger partial charge in [-0.2, -0.15) is 0 Å². The van der Waals surface area contributed by atoms with Gasteiger partial charge in [0.15, 0.2) is 0 Å². The summed E-state index contributed by atoms with van der Waals surface area (Å²) in [5, 5.41) is 2.71. The Morgan fingerprint density at radius 3 is 2.33 bits per heavy atom. The van der Waals surface area contributed by atoms with Crippen molar-refractivity contribution >= 4 is 5.91 Å². The third-order valence-corrected chi connectivity index (χ3v) is 2.31. The van der Waals surface area contributed by atoms with Crippen LogP contribution in [0.15, 0.2) is 24.3 Å². The molecule has 0 aliphatic heterocycles. The summed E-state index contributed by atoms with van der Waals surface area (Å²) >= 11 is 0. The Morgan fingerprint density at radius 1 is 1.33 bits per heavy atom. The lowest BCUT2D eigenvalue weighted by atomic mass is 10.1. The first-order valence-corrected chi connectivity index (χ1v) is 5.47. The lowest BCUT2D eigenvalue weighted by Gasteiger charge is -2.14. The predicted molar refractivity (Wildman–Crippen MR) is 60.0 cm³/mol. The average molecular weight is 261 g/mol. The van der Waals surface area contributed by atoms with E-state index in [1.54, 1.807) is 13.8 Å². The molecule has 0 saturated heterocycles. The number of nitrogens with one attached hydrogen (secondary N) is 1. The molecule has 3 nitrogen and oxygen atoms in total. The second-order valence-corrected chi connectivity index (χ2v) is 3.76. The Balaban J connectivity index is 2.67. The third-order valence-electron chi connectivity index (χ3n) is 2.31. The number of rotatable bonds is 4. The van der Waals surface area contributed by atoms with E-state index in [0.29, 0.717) is 12.0 Å². The van der Waals surface area contributed by atoms with Gasteiger partial charge in [0.25, 0.3) is 0 Å². The van der Waals surface area contributed by atoms with E-state index in [0.717, 1.165) is 0 Å². The highest BCUT2D eigenvalue weighted by atomic mass is 19.4. The zero-order valence-corrected chi connectivity index (χ0v) is 10.0. The Bertz CT molecular complexity index is 401. The number of amides is 1. The van der Waals surface area contributed by atoms with Gasteiger partial charge in [0.2, 0.25) is 5.91 Å². The molecule has 0 radical (unpaired) electrons. The van der Waals surface area contributed by atoms with Crippen molar-refractivity contribution in [3.8, 4) is 5.75 Å². The normalized spacial score (nSPS) is 12.9. The molecule has 0 spiro atoms. The van der Waals surface area contributed by atoms with Gasteiger partial charge in [-0.3, -0.25) is 4.79 Å². The van der Waals surface area contributed by atoms with Crippen molar-refractivity contribution in [2.75, 3.05) is 0 Å². The summed E-state index contributed by atoms with van der Waals surface area (Å²) in [6.07, 6.45) is -4.33. The highest BCUT2D eigenvalue weighted by Gasteiger charge is 2.31. The lowest BCUT2D eigenvalue weighted by Crippen LogP contribution is -2.25. The first-order valence-electron chi connectivity index (χ1n) is 5.47. The van der Waals surface area contributed by atoms with Gasteiger partial charge >= 0.3 is 6.36 Å². The molecule has 0 bridgehead atoms. The standard InChI is InChI=1S/C12H14F3NO2/c1-3-11(17)16-8(2)9-4-6-10(7-5-9)18-12(13,14)15/h4-8H,3H2,1-2H3,(H,16,17)/t8-/m1/s1. The molecular formula is C12H14F3NO2. The van der Waals surface area contributed by atoms with E-state index in [9.17, 15) is 18.0 Å². The van der Waals surface area contributed by atoms with Crippen molar-refractivity contribution in [3.05, 3.63) is 29.8 Å². The van der Waals surface area contributed by atoms with Gasteiger partial charge in [0.1, 0.15) is 5.75 Å². The number of halogens is 3. The van der Waals surface area contributed by atoms with Crippen LogP contribution in [-0.2, 0) is 4.79 Å². The van der Waals surface area contributed by atoms with Crippen molar-refractivity contribution in [2.45, 2.75) is 32.7 Å². The highest BCUT2D eigenvalue weighted by molar-refractivity contribution is 5.75. The minimum Gasteiger partial charge on any atom is -0.406 e. The van der Waals surface area contributed by atoms with Gasteiger partial charge in [-0.05, 0) is 24.6 Å². The Labute approximate surface area is 103 Å². The molecule has 0 heterocycles. The van der Waals surface area contributed by atoms with Gasteiger partial charge < -0.3 is 10.1 Å². The van der Waals surface area contributed by atoms with Crippen LogP contribution < -0.4 is 10.1 Å². The summed E-state index contributed by atoms with van der Waals surface area (Å²) in [6.45, 7) is 3.48. The molecule has 0 aliphatic rings. The summed E-state index contributed by atoms with van der Waals surface area (Å²) in [4.78, 5) is 11.2. The second-order valence-electron chi connectivity index (χ2n) is 3.76. The largest absolute Gasteiger partial charge is 0.573 e. The van der Waals surface area contributed by atoms with Crippen LogP contribution in [0.3, 0.4) is 0 Å². The molecule has 1 aromatic carbocycles. The summed E-state index contributed by atoms with van der Waals surface area (Å²) in [5.41, 5.74) is 0.714. The predicted octanol–water partition coefficient (Wildman–Crippen LogP) is 3.17. The van der Waals surface area contributed by atoms with E-state index in [1.165, 1.54) is 24.3 Å². The number of alkyl halides is 3. The maximum atomic E-state index is 11.9. The van der Waals surface area contributed by atoms with Crippen molar-refractivity contribution in [1.29, 1.82) is 0 Å². The minimum absolute atomic E-state index is 0.113. The van der Waals surface area contributed by atoms with Crippen LogP contribution in [0, 0.1) is 0 Å². The van der Waals surface area contributed by atoms with Crippen molar-refractivity contribution in [1.82, 2.24) is 5.32 Å². The van der Waals surface area contributed by atoms with Crippen LogP contribution in [-0.4, -0.2) is 12.3 Å². The Hall–Kier alpha value is -1.72. The molecule has 1 amide bonds. The number of hydrogen-bond donors (Lipinski definition) is 1. The Morgan fingerprint density at radius 2 is 1.89 bits per heavy atom. The molecule has 6 heteroatoms. The van der Waals surface area contributed by atoms with Crippen LogP contribution in [0.5, 0.6) is 5.75 Å². The molecule has 0 fully saturated rings. The molecule has 1 atom stereocenters. The maximum Gasteiger partial charge on any atom is 0.573 e. The average Bonchev–Trinajstić information content (AvgIpc) is 2.27. The monoisotopic (exact) mass is 261 g/mol. The molecule has 0 saturated carbocycles. The van der Waals surface area contributed by atoms with Crippen LogP contribution >= 0.6 is 0 Å². The zero-order valence-electron chi connectivity index (χ0n) is 10.0. The topological polar surface area (TPSA) is 38.3 Å². The Kier molecular flexibility index (Phi) is 4.58. The summed E-state index contributed by atoms with van der Waals surface area (Å²) in [7, 11) is 0. The molecule has 1 N–H and O–H groups in total. The fourth-order valence-corrected chi connectivity index (χ4v) is 1.39. The number of carbonyl (C=O) groups excluding carboxylic acids is 1. The van der Waals surface area contributed by atoms with E-state index >= 15 is 0 Å². The molecular weight excluding hydrogens is 247 g/mol. The second kappa shape index (κ2) is 5.75. The maximum absolute atomic E-state index is 11.9. The van der Waals surface area contributed by atoms with Crippen LogP contribution in [0.2, 0.25) is 0 Å². The van der Waals surface area contributed by atoms with E-state index in [2.05, 4.69) is 10.1 Å². The summed E-state index contributed by atoms with van der Waals surface area (Å²) in [6, 6.07) is 5.16. The van der Waals surface area contributed by atoms with Gasteiger partial charge in [-0.15, -0.1) is 13.2 Å². The molecule has 0 unspecified atom stereocenters. The van der Waals surface area contributed by atoms with Crippen LogP contribution in [0.1, 0.15) is 31.9 Å². The van der Waals surface area contributed by atoms with Crippen LogP contribution in [0.25, 0.3) is 0 Å². The minimum atomic E-state index is -4.69. The first-order chi connectivity index (χ1) is 8.31. The highest BCUT2D eigenvalue weighted by Crippen LogP contribution is 2.24. The lowest BCUT2D eigenvalue weighted by molar-refractivity contribution is -0.274. The molecule has 100 valence electrons. The van der Waals surface area contributed by atoms with Gasteiger partial charge in [-0.25, -0.2) is 0 Å². The fraction of sp³-hybridized carbons (Fsp3) is 0.417. The molecule has 1 aromatic rings. The zero-order chi connectivity index (χ0) is 13.8. The van der Waals surface area contributed by atoms with Gasteiger partial charge in [0, 0.05) is 6.42 Å². The van der Waals surface area contributed by atoms with E-state index in [-0.39, 0.29) is 17.7 Å². The molecule has 0 aromatic heterocycles. The first kappa shape index (κ1) is 14.3. The van der Waals surface area contributed by atoms with Crippen molar-refractivity contribution in [3.63, 3.8) is 0 Å². The molecule has 18 heavy (non-hydrogen) atoms. The smallest absolute Gasteiger partial charge is 0.406 e. The quantitative estimate of drug-likeness (QED) is 0.904. The molecule has 1 rings (SSSR count). The molecule has 0 aliphatic carbocycles. The van der Waals surface area contributed by atoms with Crippen LogP contribution in [0.4, 0.5) is 13.2 Å². The van der Waals surface area contributed by atoms with Crippen molar-refractivity contribution < 1.29 is 22.7 Å². The van der Waals surface area contributed by atoms with Gasteiger partial charge in [0.05, 0.1) is 6.04 Å². The van der Waals surface area contributed by atoms with E-state index in [4.69, 9.17) is 0 Å². The number of benzene rings is 1. The van der Waals surface area contributed by atoms with E-state index in [1.807, 2.05) is 0 Å². The summed E-state index contributed by atoms with van der Waals surface area (Å²) < 4.78 is 39.6. The number of hydrogen-bond acceptors (Lipinski definition) is 2. The fourth-order valence-electron chi connectivity index (χ4n) is 1.39. The van der Waals surface area contributed by atoms with Crippen molar-refractivity contribution in [2.24, 2.45) is 0 Å². The summed E-state index contributed by atoms with van der Waals surface area (Å²) in [5.74, 6) is -0.390. The van der Waals surface area contributed by atoms with E-state index < -0.39 is 6.36 Å². The van der Waals surface area contributed by atoms with Gasteiger partial charge in [-0.1, -0.05) is 19.1 Å². The number of carbonyl (C=O) groups is 1. The number of ether oxygens (including phenoxy) is 1. The SMILES string of the molecule is CCC(=O)N[C@H](C)c1ccc(OC(F)(F)F)cc1. The third kappa shape index (κ3) is 4.65.